The fourth-order valence-corrected chi connectivity index (χ4v) is 4.68. The van der Waals surface area contributed by atoms with Crippen LogP contribution in [0.2, 0.25) is 0 Å². The molecule has 1 aromatic heterocycles. The van der Waals surface area contributed by atoms with Crippen LogP contribution in [0.25, 0.3) is 0 Å². The van der Waals surface area contributed by atoms with E-state index >= 15 is 0 Å². The summed E-state index contributed by atoms with van der Waals surface area (Å²) in [5, 5.41) is 13.3. The highest BCUT2D eigenvalue weighted by atomic mass is 79.9. The molecule has 4 atom stereocenters. The van der Waals surface area contributed by atoms with E-state index in [0.29, 0.717) is 18.7 Å². The Morgan fingerprint density at radius 1 is 1.32 bits per heavy atom. The number of primary amides is 1. The lowest BCUT2D eigenvalue weighted by molar-refractivity contribution is 0.0991. The molecule has 2 aliphatic rings. The Labute approximate surface area is 169 Å². The molecule has 2 heterocycles. The molecule has 0 bridgehead atoms. The minimum Gasteiger partial charge on any atom is -0.490 e. The third-order valence-electron chi connectivity index (χ3n) is 5.62. The summed E-state index contributed by atoms with van der Waals surface area (Å²) < 4.78 is 12.3. The average Bonchev–Trinajstić information content (AvgIpc) is 3.33. The van der Waals surface area contributed by atoms with Gasteiger partial charge in [-0.2, -0.15) is 0 Å². The van der Waals surface area contributed by atoms with Crippen LogP contribution in [0.1, 0.15) is 29.1 Å². The fourth-order valence-electron chi connectivity index (χ4n) is 4.42. The monoisotopic (exact) mass is 449 g/mol. The van der Waals surface area contributed by atoms with Crippen molar-refractivity contribution in [2.45, 2.75) is 31.4 Å². The van der Waals surface area contributed by atoms with E-state index in [1.807, 2.05) is 24.3 Å². The summed E-state index contributed by atoms with van der Waals surface area (Å²) in [6, 6.07) is 8.94. The topological polar surface area (TPSA) is 119 Å². The van der Waals surface area contributed by atoms with Crippen LogP contribution in [0, 0.1) is 11.8 Å². The van der Waals surface area contributed by atoms with Gasteiger partial charge in [0.25, 0.3) is 5.91 Å². The van der Waals surface area contributed by atoms with Crippen molar-refractivity contribution in [1.29, 1.82) is 0 Å². The predicted octanol–water partition coefficient (Wildman–Crippen LogP) is 2.91. The van der Waals surface area contributed by atoms with Crippen molar-refractivity contribution in [2.24, 2.45) is 17.6 Å². The van der Waals surface area contributed by atoms with Crippen LogP contribution in [0.15, 0.2) is 39.3 Å². The zero-order valence-electron chi connectivity index (χ0n) is 15.0. The van der Waals surface area contributed by atoms with Crippen molar-refractivity contribution in [3.8, 4) is 5.75 Å². The maximum Gasteiger partial charge on any atom is 0.407 e. The second-order valence-corrected chi connectivity index (χ2v) is 8.25. The van der Waals surface area contributed by atoms with Gasteiger partial charge in [-0.15, -0.1) is 0 Å². The van der Waals surface area contributed by atoms with Crippen molar-refractivity contribution in [3.63, 3.8) is 0 Å². The number of carbonyl (C=O) groups excluding carboxylic acids is 1. The quantitative estimate of drug-likeness (QED) is 0.723. The van der Waals surface area contributed by atoms with Gasteiger partial charge < -0.3 is 25.0 Å². The van der Waals surface area contributed by atoms with Gasteiger partial charge in [-0.25, -0.2) is 4.79 Å². The first-order valence-electron chi connectivity index (χ1n) is 9.08. The van der Waals surface area contributed by atoms with Crippen LogP contribution in [-0.2, 0) is 6.42 Å². The standard InChI is InChI=1S/C19H20BrN3O5/c20-11-1-3-12(4-2-11)27-13-5-10-9-23(19(25)26)17(15(10)6-13)8-14-7-16(18(21)24)22-28-14/h1-4,7,10,13,15,17H,5-6,8-9H2,(H2,21,24)(H,25,26)/t10-,13-,15-,17?/m0/s1. The molecule has 28 heavy (non-hydrogen) atoms. The lowest BCUT2D eigenvalue weighted by Crippen LogP contribution is -2.39. The second kappa shape index (κ2) is 7.46. The van der Waals surface area contributed by atoms with Gasteiger partial charge in [-0.3, -0.25) is 4.79 Å². The molecule has 2 fully saturated rings. The number of hydrogen-bond donors (Lipinski definition) is 2. The van der Waals surface area contributed by atoms with E-state index < -0.39 is 12.0 Å². The fraction of sp³-hybridized carbons (Fsp3) is 0.421. The zero-order chi connectivity index (χ0) is 19.8. The minimum atomic E-state index is -0.945. The SMILES string of the molecule is NC(=O)c1cc(CC2[C@H]3C[C@@H](Oc4ccc(Br)cc4)C[C@H]3CN2C(=O)O)on1. The molecule has 1 unspecified atom stereocenters. The molecule has 148 valence electrons. The van der Waals surface area contributed by atoms with Gasteiger partial charge in [-0.1, -0.05) is 21.1 Å². The number of fused-ring (bicyclic) bond motifs is 1. The molecule has 1 aliphatic carbocycles. The molecule has 0 radical (unpaired) electrons. The van der Waals surface area contributed by atoms with Gasteiger partial charge in [0, 0.05) is 29.5 Å². The summed E-state index contributed by atoms with van der Waals surface area (Å²) in [6.45, 7) is 0.474. The van der Waals surface area contributed by atoms with E-state index in [1.165, 1.54) is 11.0 Å². The number of amides is 2. The summed E-state index contributed by atoms with van der Waals surface area (Å²) in [4.78, 5) is 24.4. The van der Waals surface area contributed by atoms with Crippen molar-refractivity contribution < 1.29 is 24.0 Å². The van der Waals surface area contributed by atoms with E-state index in [1.54, 1.807) is 0 Å². The molecular formula is C19H20BrN3O5. The lowest BCUT2D eigenvalue weighted by Gasteiger charge is -2.25. The number of aromatic nitrogens is 1. The largest absolute Gasteiger partial charge is 0.490 e. The molecular weight excluding hydrogens is 430 g/mol. The van der Waals surface area contributed by atoms with E-state index in [9.17, 15) is 14.7 Å². The Balaban J connectivity index is 1.47. The zero-order valence-corrected chi connectivity index (χ0v) is 16.5. The van der Waals surface area contributed by atoms with Crippen LogP contribution < -0.4 is 10.5 Å². The van der Waals surface area contributed by atoms with Crippen LogP contribution in [0.3, 0.4) is 0 Å². The number of rotatable bonds is 5. The molecule has 4 rings (SSSR count). The number of halogens is 1. The summed E-state index contributed by atoms with van der Waals surface area (Å²) in [5.74, 6) is 1.00. The highest BCUT2D eigenvalue weighted by Crippen LogP contribution is 2.44. The smallest absolute Gasteiger partial charge is 0.407 e. The molecule has 1 aromatic carbocycles. The van der Waals surface area contributed by atoms with E-state index in [4.69, 9.17) is 15.0 Å². The van der Waals surface area contributed by atoms with Gasteiger partial charge in [0.1, 0.15) is 11.5 Å². The summed E-state index contributed by atoms with van der Waals surface area (Å²) in [7, 11) is 0. The van der Waals surface area contributed by atoms with Gasteiger partial charge in [0.05, 0.1) is 6.10 Å². The number of hydrogen-bond acceptors (Lipinski definition) is 5. The number of nitrogens with zero attached hydrogens (tertiary/aromatic N) is 2. The van der Waals surface area contributed by atoms with Gasteiger partial charge in [0.2, 0.25) is 0 Å². The van der Waals surface area contributed by atoms with Crippen LogP contribution >= 0.6 is 15.9 Å². The van der Waals surface area contributed by atoms with Gasteiger partial charge >= 0.3 is 6.09 Å². The number of carboxylic acid groups (broad SMARTS) is 1. The summed E-state index contributed by atoms with van der Waals surface area (Å²) in [6.07, 6.45) is 1.04. The number of nitrogens with two attached hydrogens (primary N) is 1. The van der Waals surface area contributed by atoms with Crippen LogP contribution in [-0.4, -0.2) is 45.9 Å². The van der Waals surface area contributed by atoms with E-state index in [0.717, 1.165) is 23.1 Å². The Bertz CT molecular complexity index is 884. The third-order valence-corrected chi connectivity index (χ3v) is 6.14. The Kier molecular flexibility index (Phi) is 5.01. The number of likely N-dealkylation sites (tertiary alicyclic amines) is 1. The maximum absolute atomic E-state index is 11.7. The normalized spacial score (nSPS) is 26.2. The Morgan fingerprint density at radius 2 is 2.07 bits per heavy atom. The Hall–Kier alpha value is -2.55. The van der Waals surface area contributed by atoms with Crippen molar-refractivity contribution in [2.75, 3.05) is 6.54 Å². The molecule has 1 saturated carbocycles. The van der Waals surface area contributed by atoms with E-state index in [-0.39, 0.29) is 29.7 Å². The minimum absolute atomic E-state index is 0.0468. The van der Waals surface area contributed by atoms with Crippen molar-refractivity contribution >= 4 is 27.9 Å². The van der Waals surface area contributed by atoms with Crippen molar-refractivity contribution in [1.82, 2.24) is 10.1 Å². The number of ether oxygens (including phenoxy) is 1. The maximum atomic E-state index is 11.7. The van der Waals surface area contributed by atoms with Gasteiger partial charge in [-0.05, 0) is 48.9 Å². The molecule has 1 aliphatic heterocycles. The molecule has 2 aromatic rings. The van der Waals surface area contributed by atoms with E-state index in [2.05, 4.69) is 21.1 Å². The van der Waals surface area contributed by atoms with Gasteiger partial charge in [0.15, 0.2) is 5.69 Å². The molecule has 2 amide bonds. The summed E-state index contributed by atoms with van der Waals surface area (Å²) >= 11 is 3.41. The lowest BCUT2D eigenvalue weighted by atomic mass is 9.91. The molecule has 3 N–H and O–H groups in total. The molecule has 1 saturated heterocycles. The Morgan fingerprint density at radius 3 is 2.71 bits per heavy atom. The first kappa shape index (κ1) is 18.8. The molecule has 8 nitrogen and oxygen atoms in total. The average molecular weight is 450 g/mol. The third kappa shape index (κ3) is 3.71. The van der Waals surface area contributed by atoms with Crippen LogP contribution in [0.5, 0.6) is 5.75 Å². The number of carbonyl (C=O) groups is 2. The highest BCUT2D eigenvalue weighted by molar-refractivity contribution is 9.10. The molecule has 9 heteroatoms. The highest BCUT2D eigenvalue weighted by Gasteiger charge is 2.50. The van der Waals surface area contributed by atoms with Crippen LogP contribution in [0.4, 0.5) is 4.79 Å². The second-order valence-electron chi connectivity index (χ2n) is 7.34. The number of benzene rings is 1. The first-order valence-corrected chi connectivity index (χ1v) is 9.87. The first-order chi connectivity index (χ1) is 13.4. The molecule has 0 spiro atoms. The summed E-state index contributed by atoms with van der Waals surface area (Å²) in [5.41, 5.74) is 5.26. The predicted molar refractivity (Wildman–Crippen MR) is 102 cm³/mol. The van der Waals surface area contributed by atoms with Crippen molar-refractivity contribution in [3.05, 3.63) is 46.3 Å².